The molecule has 2 saturated carbocycles. The SMILES string of the molecule is COC(=O)C1C(F)(F)C12CC(C(=O)ON1C(=O)c3ccccc3C1=O)C2. The molecule has 0 radical (unpaired) electrons. The van der Waals surface area contributed by atoms with Crippen molar-refractivity contribution in [2.75, 3.05) is 7.11 Å². The van der Waals surface area contributed by atoms with Gasteiger partial charge in [-0.3, -0.25) is 14.4 Å². The molecular weight excluding hydrogens is 352 g/mol. The lowest BCUT2D eigenvalue weighted by atomic mass is 9.70. The van der Waals surface area contributed by atoms with Crippen LogP contribution in [-0.4, -0.2) is 41.8 Å². The van der Waals surface area contributed by atoms with Crippen LogP contribution in [0.5, 0.6) is 0 Å². The Balaban J connectivity index is 1.42. The number of carbonyl (C=O) groups is 4. The number of amides is 2. The second-order valence-electron chi connectivity index (χ2n) is 6.70. The zero-order valence-electron chi connectivity index (χ0n) is 13.5. The number of fused-ring (bicyclic) bond motifs is 1. The molecule has 3 aliphatic rings. The molecule has 0 N–H and O–H groups in total. The molecule has 2 amide bonds. The lowest BCUT2D eigenvalue weighted by Gasteiger charge is -2.34. The van der Waals surface area contributed by atoms with E-state index in [4.69, 9.17) is 4.84 Å². The van der Waals surface area contributed by atoms with Gasteiger partial charge in [-0.2, -0.15) is 0 Å². The molecule has 7 nitrogen and oxygen atoms in total. The summed E-state index contributed by atoms with van der Waals surface area (Å²) in [6.07, 6.45) is -0.524. The molecule has 1 spiro atoms. The lowest BCUT2D eigenvalue weighted by Crippen LogP contribution is -2.42. The Morgan fingerprint density at radius 3 is 2.12 bits per heavy atom. The van der Waals surface area contributed by atoms with Crippen molar-refractivity contribution in [1.29, 1.82) is 0 Å². The highest BCUT2D eigenvalue weighted by molar-refractivity contribution is 6.20. The van der Waals surface area contributed by atoms with E-state index in [-0.39, 0.29) is 24.0 Å². The first-order valence-electron chi connectivity index (χ1n) is 7.90. The highest BCUT2D eigenvalue weighted by Gasteiger charge is 2.88. The second kappa shape index (κ2) is 5.09. The van der Waals surface area contributed by atoms with Crippen LogP contribution in [0.2, 0.25) is 0 Å². The van der Waals surface area contributed by atoms with Crippen LogP contribution in [0.25, 0.3) is 0 Å². The molecule has 0 saturated heterocycles. The zero-order valence-corrected chi connectivity index (χ0v) is 13.5. The number of hydrogen-bond donors (Lipinski definition) is 0. The third-order valence-electron chi connectivity index (χ3n) is 5.43. The van der Waals surface area contributed by atoms with Gasteiger partial charge in [0.2, 0.25) is 0 Å². The minimum Gasteiger partial charge on any atom is -0.469 e. The van der Waals surface area contributed by atoms with Crippen molar-refractivity contribution in [3.05, 3.63) is 35.4 Å². The summed E-state index contributed by atoms with van der Waals surface area (Å²) in [5.41, 5.74) is -1.38. The molecule has 9 heteroatoms. The van der Waals surface area contributed by atoms with Gasteiger partial charge in [0.15, 0.2) is 0 Å². The minimum atomic E-state index is -3.23. The molecule has 0 bridgehead atoms. The Kier molecular flexibility index (Phi) is 3.25. The number of alkyl halides is 2. The molecule has 1 aliphatic heterocycles. The predicted octanol–water partition coefficient (Wildman–Crippen LogP) is 1.58. The van der Waals surface area contributed by atoms with Crippen molar-refractivity contribution in [2.24, 2.45) is 17.3 Å². The number of ether oxygens (including phenoxy) is 1. The van der Waals surface area contributed by atoms with Crippen LogP contribution >= 0.6 is 0 Å². The van der Waals surface area contributed by atoms with Gasteiger partial charge >= 0.3 is 11.9 Å². The average molecular weight is 365 g/mol. The van der Waals surface area contributed by atoms with Crippen LogP contribution in [0.1, 0.15) is 33.6 Å². The number of rotatable bonds is 3. The van der Waals surface area contributed by atoms with Gasteiger partial charge < -0.3 is 9.57 Å². The number of halogens is 2. The van der Waals surface area contributed by atoms with Crippen molar-refractivity contribution >= 4 is 23.8 Å². The predicted molar refractivity (Wildman–Crippen MR) is 78.6 cm³/mol. The normalized spacial score (nSPS) is 30.7. The molecule has 1 aromatic rings. The van der Waals surface area contributed by atoms with E-state index in [0.717, 1.165) is 7.11 Å². The van der Waals surface area contributed by atoms with Gasteiger partial charge in [-0.1, -0.05) is 17.2 Å². The van der Waals surface area contributed by atoms with Gasteiger partial charge in [-0.05, 0) is 25.0 Å². The number of imide groups is 1. The number of hydrogen-bond acceptors (Lipinski definition) is 6. The van der Waals surface area contributed by atoms with Crippen LogP contribution < -0.4 is 0 Å². The Morgan fingerprint density at radius 2 is 1.62 bits per heavy atom. The van der Waals surface area contributed by atoms with E-state index < -0.39 is 46.9 Å². The average Bonchev–Trinajstić information content (AvgIpc) is 3.03. The monoisotopic (exact) mass is 365 g/mol. The summed E-state index contributed by atoms with van der Waals surface area (Å²) < 4.78 is 32.2. The zero-order chi connectivity index (χ0) is 18.9. The van der Waals surface area contributed by atoms with E-state index in [0.29, 0.717) is 5.06 Å². The fraction of sp³-hybridized carbons (Fsp3) is 0.412. The van der Waals surface area contributed by atoms with Crippen molar-refractivity contribution < 1.29 is 37.5 Å². The highest BCUT2D eigenvalue weighted by Crippen LogP contribution is 2.77. The number of methoxy groups -OCH3 is 1. The maximum absolute atomic E-state index is 13.9. The minimum absolute atomic E-state index is 0.106. The highest BCUT2D eigenvalue weighted by atomic mass is 19.3. The molecular formula is C17H13F2NO6. The number of carbonyl (C=O) groups excluding carboxylic acids is 4. The molecule has 2 fully saturated rings. The number of hydroxylamine groups is 2. The van der Waals surface area contributed by atoms with Gasteiger partial charge in [-0.15, -0.1) is 0 Å². The standard InChI is InChI=1S/C17H13F2NO6/c1-25-15(24)11-16(17(11,18)19)6-8(7-16)14(23)26-20-12(21)9-4-2-3-5-10(9)13(20)22/h2-5,8,11H,6-7H2,1H3. The van der Waals surface area contributed by atoms with Gasteiger partial charge in [0, 0.05) is 0 Å². The Bertz CT molecular complexity index is 826. The van der Waals surface area contributed by atoms with Crippen LogP contribution in [0.3, 0.4) is 0 Å². The van der Waals surface area contributed by atoms with Gasteiger partial charge in [0.1, 0.15) is 5.92 Å². The van der Waals surface area contributed by atoms with Gasteiger partial charge in [0.05, 0.1) is 29.6 Å². The summed E-state index contributed by atoms with van der Waals surface area (Å²) in [6.45, 7) is 0. The Hall–Kier alpha value is -2.84. The Labute approximate surface area is 145 Å². The summed E-state index contributed by atoms with van der Waals surface area (Å²) in [4.78, 5) is 52.8. The summed E-state index contributed by atoms with van der Waals surface area (Å²) >= 11 is 0. The number of benzene rings is 1. The van der Waals surface area contributed by atoms with Crippen molar-refractivity contribution in [3.63, 3.8) is 0 Å². The van der Waals surface area contributed by atoms with E-state index in [1.54, 1.807) is 12.1 Å². The molecule has 26 heavy (non-hydrogen) atoms. The van der Waals surface area contributed by atoms with Crippen LogP contribution in [-0.2, 0) is 19.2 Å². The maximum Gasteiger partial charge on any atom is 0.336 e. The first-order valence-corrected chi connectivity index (χ1v) is 7.90. The topological polar surface area (TPSA) is 90.0 Å². The first kappa shape index (κ1) is 16.6. The fourth-order valence-electron chi connectivity index (χ4n) is 3.91. The summed E-state index contributed by atoms with van der Waals surface area (Å²) in [5.74, 6) is -9.23. The van der Waals surface area contributed by atoms with Crippen molar-refractivity contribution in [2.45, 2.75) is 18.8 Å². The summed E-state index contributed by atoms with van der Waals surface area (Å²) in [5, 5.41) is 0.348. The van der Waals surface area contributed by atoms with E-state index in [2.05, 4.69) is 4.74 Å². The van der Waals surface area contributed by atoms with Crippen LogP contribution in [0, 0.1) is 17.3 Å². The molecule has 1 atom stereocenters. The fourth-order valence-corrected chi connectivity index (χ4v) is 3.91. The van der Waals surface area contributed by atoms with Crippen LogP contribution in [0.4, 0.5) is 8.78 Å². The largest absolute Gasteiger partial charge is 0.469 e. The first-order chi connectivity index (χ1) is 12.2. The van der Waals surface area contributed by atoms with E-state index in [1.165, 1.54) is 12.1 Å². The van der Waals surface area contributed by atoms with Crippen LogP contribution in [0.15, 0.2) is 24.3 Å². The van der Waals surface area contributed by atoms with E-state index in [1.807, 2.05) is 0 Å². The van der Waals surface area contributed by atoms with E-state index >= 15 is 0 Å². The molecule has 1 heterocycles. The Morgan fingerprint density at radius 1 is 1.08 bits per heavy atom. The van der Waals surface area contributed by atoms with Crippen molar-refractivity contribution in [1.82, 2.24) is 5.06 Å². The summed E-state index contributed by atoms with van der Waals surface area (Å²) in [7, 11) is 1.02. The lowest BCUT2D eigenvalue weighted by molar-refractivity contribution is -0.181. The second-order valence-corrected chi connectivity index (χ2v) is 6.70. The smallest absolute Gasteiger partial charge is 0.336 e. The number of nitrogens with zero attached hydrogens (tertiary/aromatic N) is 1. The third-order valence-corrected chi connectivity index (χ3v) is 5.43. The number of esters is 1. The molecule has 1 unspecified atom stereocenters. The molecule has 136 valence electrons. The van der Waals surface area contributed by atoms with Gasteiger partial charge in [-0.25, -0.2) is 13.6 Å². The molecule has 2 aliphatic carbocycles. The van der Waals surface area contributed by atoms with E-state index in [9.17, 15) is 28.0 Å². The van der Waals surface area contributed by atoms with Crippen molar-refractivity contribution in [3.8, 4) is 0 Å². The summed E-state index contributed by atoms with van der Waals surface area (Å²) in [6, 6.07) is 5.97. The maximum atomic E-state index is 13.9. The quantitative estimate of drug-likeness (QED) is 0.597. The third kappa shape index (κ3) is 1.91. The molecule has 1 aromatic carbocycles. The molecule has 0 aromatic heterocycles. The van der Waals surface area contributed by atoms with Gasteiger partial charge in [0.25, 0.3) is 17.7 Å². The molecule has 4 rings (SSSR count).